The third kappa shape index (κ3) is 5.39. The topological polar surface area (TPSA) is 79.4 Å². The highest BCUT2D eigenvalue weighted by Crippen LogP contribution is 2.49. The van der Waals surface area contributed by atoms with Gasteiger partial charge in [-0.2, -0.15) is 0 Å². The van der Waals surface area contributed by atoms with Gasteiger partial charge in [-0.3, -0.25) is 9.78 Å². The van der Waals surface area contributed by atoms with Gasteiger partial charge in [-0.1, -0.05) is 24.3 Å². The lowest BCUT2D eigenvalue weighted by atomic mass is 10.1. The smallest absolute Gasteiger partial charge is 0.241 e. The molecular formula is C31H27F2N3O3S. The van der Waals surface area contributed by atoms with Crippen LogP contribution in [0.4, 0.5) is 14.5 Å². The fraction of sp³-hybridized carbons (Fsp3) is 0.226. The number of rotatable bonds is 8. The van der Waals surface area contributed by atoms with Crippen LogP contribution in [0.1, 0.15) is 47.1 Å². The number of halogens is 2. The molecule has 1 saturated carbocycles. The Kier molecular flexibility index (Phi) is 6.93. The summed E-state index contributed by atoms with van der Waals surface area (Å²) in [6, 6.07) is 20.0. The van der Waals surface area contributed by atoms with Crippen molar-refractivity contribution in [3.63, 3.8) is 0 Å². The van der Waals surface area contributed by atoms with Gasteiger partial charge >= 0.3 is 0 Å². The van der Waals surface area contributed by atoms with E-state index in [0.29, 0.717) is 31.5 Å². The molecule has 9 heteroatoms. The second kappa shape index (κ2) is 10.6. The summed E-state index contributed by atoms with van der Waals surface area (Å²) in [5.41, 5.74) is 4.30. The highest BCUT2D eigenvalue weighted by atomic mass is 32.2. The lowest BCUT2D eigenvalue weighted by molar-refractivity contribution is -0.120. The first kappa shape index (κ1) is 26.3. The number of aromatic nitrogens is 1. The number of fused-ring (bicyclic) bond motifs is 1. The van der Waals surface area contributed by atoms with Crippen molar-refractivity contribution in [1.29, 1.82) is 0 Å². The molecule has 0 unspecified atom stereocenters. The van der Waals surface area contributed by atoms with Crippen molar-refractivity contribution in [1.82, 2.24) is 9.71 Å². The van der Waals surface area contributed by atoms with Gasteiger partial charge in [-0.05, 0) is 102 Å². The zero-order valence-electron chi connectivity index (χ0n) is 21.5. The zero-order valence-corrected chi connectivity index (χ0v) is 22.3. The molecule has 204 valence electrons. The van der Waals surface area contributed by atoms with Gasteiger partial charge in [0.05, 0.1) is 11.4 Å². The monoisotopic (exact) mass is 559 g/mol. The number of nitrogens with one attached hydrogen (secondary N) is 1. The highest BCUT2D eigenvalue weighted by molar-refractivity contribution is 7.89. The Balaban J connectivity index is 1.28. The fourth-order valence-corrected chi connectivity index (χ4v) is 6.72. The maximum Gasteiger partial charge on any atom is 0.241 e. The molecule has 40 heavy (non-hydrogen) atoms. The Labute approximate surface area is 231 Å². The van der Waals surface area contributed by atoms with Crippen molar-refractivity contribution in [3.05, 3.63) is 125 Å². The van der Waals surface area contributed by atoms with E-state index in [9.17, 15) is 22.0 Å². The molecule has 3 aromatic carbocycles. The molecule has 0 radical (unpaired) electrons. The van der Waals surface area contributed by atoms with Gasteiger partial charge in [0.2, 0.25) is 15.9 Å². The maximum absolute atomic E-state index is 13.9. The molecule has 0 saturated heterocycles. The van der Waals surface area contributed by atoms with E-state index in [1.165, 1.54) is 24.3 Å². The Morgan fingerprint density at radius 1 is 0.975 bits per heavy atom. The minimum atomic E-state index is -3.88. The minimum absolute atomic E-state index is 0.00699. The van der Waals surface area contributed by atoms with E-state index in [-0.39, 0.29) is 28.5 Å². The molecule has 0 bridgehead atoms. The number of pyridine rings is 1. The first-order valence-electron chi connectivity index (χ1n) is 13.1. The average molecular weight is 560 g/mol. The molecule has 6 nitrogen and oxygen atoms in total. The molecule has 0 spiro atoms. The van der Waals surface area contributed by atoms with Crippen molar-refractivity contribution in [2.75, 3.05) is 4.90 Å². The van der Waals surface area contributed by atoms with Crippen LogP contribution in [0, 0.1) is 17.6 Å². The van der Waals surface area contributed by atoms with E-state index in [4.69, 9.17) is 0 Å². The number of amides is 1. The summed E-state index contributed by atoms with van der Waals surface area (Å²) >= 11 is 0. The third-order valence-corrected chi connectivity index (χ3v) is 9.16. The van der Waals surface area contributed by atoms with Crippen molar-refractivity contribution < 1.29 is 22.0 Å². The van der Waals surface area contributed by atoms with E-state index < -0.39 is 21.9 Å². The van der Waals surface area contributed by atoms with Crippen LogP contribution in [0.5, 0.6) is 0 Å². The fourth-order valence-electron chi connectivity index (χ4n) is 5.47. The number of carbonyl (C=O) groups is 1. The average Bonchev–Trinajstić information content (AvgIpc) is 3.67. The Morgan fingerprint density at radius 3 is 2.40 bits per heavy atom. The molecule has 2 aliphatic carbocycles. The van der Waals surface area contributed by atoms with Crippen LogP contribution in [-0.2, 0) is 27.8 Å². The summed E-state index contributed by atoms with van der Waals surface area (Å²) in [7, 11) is -3.88. The predicted octanol–water partition coefficient (Wildman–Crippen LogP) is 5.66. The number of benzene rings is 3. The number of sulfonamides is 1. The van der Waals surface area contributed by atoms with E-state index in [1.807, 2.05) is 30.3 Å². The lowest BCUT2D eigenvalue weighted by Crippen LogP contribution is -2.32. The summed E-state index contributed by atoms with van der Waals surface area (Å²) in [5.74, 6) is -1.07. The minimum Gasteiger partial charge on any atom is -0.308 e. The quantitative estimate of drug-likeness (QED) is 0.302. The number of carbonyl (C=O) groups excluding carboxylic acids is 1. The molecular weight excluding hydrogens is 532 g/mol. The molecule has 0 aliphatic heterocycles. The summed E-state index contributed by atoms with van der Waals surface area (Å²) in [5, 5.41) is 0. The van der Waals surface area contributed by atoms with E-state index in [0.717, 1.165) is 34.4 Å². The number of anilines is 1. The summed E-state index contributed by atoms with van der Waals surface area (Å²) < 4.78 is 55.6. The van der Waals surface area contributed by atoms with Crippen LogP contribution in [-0.4, -0.2) is 19.3 Å². The van der Waals surface area contributed by atoms with Crippen molar-refractivity contribution in [3.8, 4) is 0 Å². The number of hydrogen-bond acceptors (Lipinski definition) is 4. The van der Waals surface area contributed by atoms with Crippen molar-refractivity contribution in [2.45, 2.75) is 42.7 Å². The molecule has 6 rings (SSSR count). The van der Waals surface area contributed by atoms with E-state index in [1.54, 1.807) is 29.4 Å². The first-order chi connectivity index (χ1) is 19.3. The molecule has 2 aliphatic rings. The Bertz CT molecular complexity index is 1650. The molecule has 3 atom stereocenters. The number of nitrogens with zero attached hydrogens (tertiary/aromatic N) is 2. The number of hydrogen-bond donors (Lipinski definition) is 1. The Hall–Kier alpha value is -3.95. The van der Waals surface area contributed by atoms with Gasteiger partial charge in [0.25, 0.3) is 0 Å². The van der Waals surface area contributed by atoms with E-state index in [2.05, 4.69) is 9.71 Å². The second-order valence-electron chi connectivity index (χ2n) is 10.3. The third-order valence-electron chi connectivity index (χ3n) is 7.68. The molecule has 1 amide bonds. The van der Waals surface area contributed by atoms with Crippen LogP contribution in [0.2, 0.25) is 0 Å². The highest BCUT2D eigenvalue weighted by Gasteiger charge is 2.46. The molecule has 1 aromatic heterocycles. The standard InChI is InChI=1S/C31H27F2N3O3S/c32-23-7-3-21(4-8-23)27-17-29(27)31(37)36(19-20-2-1-15-34-18-20)25-11-5-22-6-14-30(28(22)16-25)35-40(38,39)26-12-9-24(33)10-13-26/h1-5,7-13,15-16,18,27,29-30,35H,6,14,17,19H2/t27-,29-,30-/m1/s1. The zero-order chi connectivity index (χ0) is 27.9. The van der Waals surface area contributed by atoms with Gasteiger partial charge in [-0.25, -0.2) is 21.9 Å². The van der Waals surface area contributed by atoms with Crippen molar-refractivity contribution in [2.24, 2.45) is 5.92 Å². The van der Waals surface area contributed by atoms with Gasteiger partial charge < -0.3 is 4.90 Å². The van der Waals surface area contributed by atoms with E-state index >= 15 is 0 Å². The molecule has 1 heterocycles. The van der Waals surface area contributed by atoms with Crippen molar-refractivity contribution >= 4 is 21.6 Å². The molecule has 1 fully saturated rings. The van der Waals surface area contributed by atoms with Gasteiger partial charge in [0.1, 0.15) is 11.6 Å². The van der Waals surface area contributed by atoms with Crippen LogP contribution < -0.4 is 9.62 Å². The van der Waals surface area contributed by atoms with Gasteiger partial charge in [-0.15, -0.1) is 0 Å². The Morgan fingerprint density at radius 2 is 1.70 bits per heavy atom. The SMILES string of the molecule is O=C([C@@H]1C[C@@H]1c1ccc(F)cc1)N(Cc1cccnc1)c1ccc2c(c1)[C@H](NS(=O)(=O)c1ccc(F)cc1)CC2. The normalized spacial score (nSPS) is 19.7. The molecule has 1 N–H and O–H groups in total. The van der Waals surface area contributed by atoms with Crippen LogP contribution >= 0.6 is 0 Å². The maximum atomic E-state index is 13.9. The summed E-state index contributed by atoms with van der Waals surface area (Å²) in [4.78, 5) is 19.8. The summed E-state index contributed by atoms with van der Waals surface area (Å²) in [6.07, 6.45) is 5.34. The second-order valence-corrected chi connectivity index (χ2v) is 12.0. The first-order valence-corrected chi connectivity index (χ1v) is 14.6. The predicted molar refractivity (Wildman–Crippen MR) is 147 cm³/mol. The largest absolute Gasteiger partial charge is 0.308 e. The van der Waals surface area contributed by atoms with Gasteiger partial charge in [0, 0.05) is 30.0 Å². The summed E-state index contributed by atoms with van der Waals surface area (Å²) in [6.45, 7) is 0.310. The van der Waals surface area contributed by atoms with Crippen LogP contribution in [0.25, 0.3) is 0 Å². The number of aryl methyl sites for hydroxylation is 1. The van der Waals surface area contributed by atoms with Gasteiger partial charge in [0.15, 0.2) is 0 Å². The lowest BCUT2D eigenvalue weighted by Gasteiger charge is -2.25. The van der Waals surface area contributed by atoms with Crippen LogP contribution in [0.15, 0.2) is 96.2 Å². The molecule has 4 aromatic rings. The van der Waals surface area contributed by atoms with Crippen LogP contribution in [0.3, 0.4) is 0 Å².